The van der Waals surface area contributed by atoms with E-state index in [1.165, 1.54) is 27.7 Å². The summed E-state index contributed by atoms with van der Waals surface area (Å²) in [6, 6.07) is -2.86. The van der Waals surface area contributed by atoms with E-state index >= 15 is 0 Å². The van der Waals surface area contributed by atoms with Crippen LogP contribution in [0.5, 0.6) is 0 Å². The fourth-order valence-electron chi connectivity index (χ4n) is 3.50. The van der Waals surface area contributed by atoms with Gasteiger partial charge in [-0.2, -0.15) is 0 Å². The normalized spacial score (nSPS) is 29.6. The van der Waals surface area contributed by atoms with Crippen molar-refractivity contribution in [2.45, 2.75) is 71.7 Å². The molecule has 36 heavy (non-hydrogen) atoms. The Balaban J connectivity index is 2.55. The molecule has 4 amide bonds. The molecule has 0 aromatic heterocycles. The average molecular weight is 541 g/mol. The zero-order chi connectivity index (χ0) is 26.8. The molecule has 2 aliphatic rings. The van der Waals surface area contributed by atoms with Crippen molar-refractivity contribution >= 4 is 51.2 Å². The van der Waals surface area contributed by atoms with E-state index in [-0.39, 0.29) is 29.7 Å². The van der Waals surface area contributed by atoms with Crippen molar-refractivity contribution in [2.75, 3.05) is 11.5 Å². The van der Waals surface area contributed by atoms with Gasteiger partial charge in [0, 0.05) is 11.5 Å². The van der Waals surface area contributed by atoms with Gasteiger partial charge in [-0.3, -0.25) is 19.2 Å². The molecule has 0 spiro atoms. The Morgan fingerprint density at radius 3 is 2.28 bits per heavy atom. The number of hydrogen-bond acceptors (Lipinski definition) is 8. The summed E-state index contributed by atoms with van der Waals surface area (Å²) in [4.78, 5) is 65.2. The molecule has 2 rings (SSSR count). The highest BCUT2D eigenvalue weighted by molar-refractivity contribution is 8.76. The predicted molar refractivity (Wildman–Crippen MR) is 141 cm³/mol. The van der Waals surface area contributed by atoms with Crippen molar-refractivity contribution in [1.82, 2.24) is 21.3 Å². The van der Waals surface area contributed by atoms with Crippen molar-refractivity contribution < 1.29 is 28.7 Å². The molecule has 4 atom stereocenters. The minimum absolute atomic E-state index is 0.0445. The highest BCUT2D eigenvalue weighted by Gasteiger charge is 2.33. The van der Waals surface area contributed by atoms with Gasteiger partial charge in [0.1, 0.15) is 29.9 Å². The SMILES string of the molecule is C/C=C1\NC(=O)[C@H]2CSSCC/C=C/[C@H](CC(=O)N[C@H](C(C)C)C(=O)N2)OC(=O)[C@@H](C(C)C)NC1=O. The van der Waals surface area contributed by atoms with Gasteiger partial charge in [0.2, 0.25) is 17.7 Å². The Kier molecular flexibility index (Phi) is 11.8. The standard InChI is InChI=1S/C24H36N4O6S2/c1-6-16-21(30)28-20(14(4)5)24(33)34-15-9-7-8-10-35-36-12-17(22(31)25-16)26-23(32)19(13(2)3)27-18(29)11-15/h6-7,9,13-15,17,19-20H,8,10-12H2,1-5H3,(H,25,31)(H,26,32)(H,27,29)(H,28,30)/b9-7+,16-6-/t15-,17-,19-,20-/m1/s1. The second-order valence-corrected chi connectivity index (χ2v) is 11.9. The Morgan fingerprint density at radius 1 is 0.944 bits per heavy atom. The molecule has 1 fully saturated rings. The molecule has 0 radical (unpaired) electrons. The number of carbonyl (C=O) groups excluding carboxylic acids is 5. The van der Waals surface area contributed by atoms with E-state index in [9.17, 15) is 24.0 Å². The first-order chi connectivity index (χ1) is 17.0. The maximum absolute atomic E-state index is 13.2. The quantitative estimate of drug-likeness (QED) is 0.178. The molecule has 12 heteroatoms. The van der Waals surface area contributed by atoms with Gasteiger partial charge < -0.3 is 26.0 Å². The van der Waals surface area contributed by atoms with Crippen LogP contribution in [0.4, 0.5) is 0 Å². The van der Waals surface area contributed by atoms with Gasteiger partial charge in [0.05, 0.1) is 6.42 Å². The molecule has 2 aliphatic heterocycles. The third kappa shape index (κ3) is 8.88. The number of hydrogen-bond donors (Lipinski definition) is 4. The minimum Gasteiger partial charge on any atom is -0.456 e. The van der Waals surface area contributed by atoms with Crippen LogP contribution in [0, 0.1) is 11.8 Å². The molecule has 4 N–H and O–H groups in total. The highest BCUT2D eigenvalue weighted by Crippen LogP contribution is 2.24. The van der Waals surface area contributed by atoms with Crippen LogP contribution < -0.4 is 21.3 Å². The van der Waals surface area contributed by atoms with Gasteiger partial charge in [0.25, 0.3) is 5.91 Å². The molecule has 2 bridgehead atoms. The molecule has 10 nitrogen and oxygen atoms in total. The Hall–Kier alpha value is -2.47. The van der Waals surface area contributed by atoms with Crippen LogP contribution in [0.2, 0.25) is 0 Å². The van der Waals surface area contributed by atoms with Gasteiger partial charge in [-0.25, -0.2) is 4.79 Å². The molecule has 1 saturated heterocycles. The van der Waals surface area contributed by atoms with E-state index in [1.807, 2.05) is 6.08 Å². The number of amides is 4. The summed E-state index contributed by atoms with van der Waals surface area (Å²) in [6.07, 6.45) is 4.51. The predicted octanol–water partition coefficient (Wildman–Crippen LogP) is 1.43. The average Bonchev–Trinajstić information content (AvgIpc) is 2.81. The zero-order valence-corrected chi connectivity index (χ0v) is 22.9. The van der Waals surface area contributed by atoms with Gasteiger partial charge in [-0.15, -0.1) is 0 Å². The first-order valence-corrected chi connectivity index (χ1v) is 14.5. The third-order valence-corrected chi connectivity index (χ3v) is 8.03. The Morgan fingerprint density at radius 2 is 1.64 bits per heavy atom. The molecule has 0 aromatic rings. The number of rotatable bonds is 2. The van der Waals surface area contributed by atoms with Gasteiger partial charge in [0.15, 0.2) is 0 Å². The molecule has 0 unspecified atom stereocenters. The number of esters is 1. The summed E-state index contributed by atoms with van der Waals surface area (Å²) in [5.74, 6) is -2.54. The maximum Gasteiger partial charge on any atom is 0.329 e. The summed E-state index contributed by atoms with van der Waals surface area (Å²) in [5, 5.41) is 10.7. The molecule has 2 heterocycles. The van der Waals surface area contributed by atoms with Crippen LogP contribution in [0.3, 0.4) is 0 Å². The number of fused-ring (bicyclic) bond motifs is 7. The topological polar surface area (TPSA) is 143 Å². The van der Waals surface area contributed by atoms with Crippen LogP contribution in [0.25, 0.3) is 0 Å². The van der Waals surface area contributed by atoms with Crippen molar-refractivity contribution in [1.29, 1.82) is 0 Å². The lowest BCUT2D eigenvalue weighted by Gasteiger charge is -2.27. The summed E-state index contributed by atoms with van der Waals surface area (Å²) >= 11 is 0. The summed E-state index contributed by atoms with van der Waals surface area (Å²) in [6.45, 7) is 8.66. The monoisotopic (exact) mass is 540 g/mol. The van der Waals surface area contributed by atoms with E-state index in [1.54, 1.807) is 40.7 Å². The smallest absolute Gasteiger partial charge is 0.329 e. The minimum atomic E-state index is -1.00. The van der Waals surface area contributed by atoms with Crippen LogP contribution in [-0.4, -0.2) is 65.3 Å². The lowest BCUT2D eigenvalue weighted by Crippen LogP contribution is -2.57. The molecule has 0 saturated carbocycles. The fourth-order valence-corrected chi connectivity index (χ4v) is 5.66. The Bertz CT molecular complexity index is 905. The lowest BCUT2D eigenvalue weighted by molar-refractivity contribution is -0.153. The van der Waals surface area contributed by atoms with Crippen molar-refractivity contribution in [2.24, 2.45) is 11.8 Å². The highest BCUT2D eigenvalue weighted by atomic mass is 33.1. The van der Waals surface area contributed by atoms with Crippen LogP contribution in [0.15, 0.2) is 23.9 Å². The Labute approximate surface area is 220 Å². The van der Waals surface area contributed by atoms with E-state index in [4.69, 9.17) is 4.74 Å². The van der Waals surface area contributed by atoms with Crippen LogP contribution in [0.1, 0.15) is 47.5 Å². The second-order valence-electron chi connectivity index (χ2n) is 9.24. The summed E-state index contributed by atoms with van der Waals surface area (Å²) < 4.78 is 5.65. The maximum atomic E-state index is 13.2. The van der Waals surface area contributed by atoms with E-state index in [0.29, 0.717) is 12.2 Å². The number of nitrogens with one attached hydrogen (secondary N) is 4. The first kappa shape index (κ1) is 29.8. The van der Waals surface area contributed by atoms with E-state index in [2.05, 4.69) is 21.3 Å². The largest absolute Gasteiger partial charge is 0.456 e. The van der Waals surface area contributed by atoms with Gasteiger partial charge in [-0.05, 0) is 31.3 Å². The molecule has 0 aliphatic carbocycles. The lowest BCUT2D eigenvalue weighted by atomic mass is 10.0. The van der Waals surface area contributed by atoms with Gasteiger partial charge >= 0.3 is 5.97 Å². The van der Waals surface area contributed by atoms with Crippen molar-refractivity contribution in [3.63, 3.8) is 0 Å². The summed E-state index contributed by atoms with van der Waals surface area (Å²) in [5.41, 5.74) is -0.0445. The molecule has 200 valence electrons. The van der Waals surface area contributed by atoms with Crippen molar-refractivity contribution in [3.8, 4) is 0 Å². The fraction of sp³-hybridized carbons (Fsp3) is 0.625. The van der Waals surface area contributed by atoms with Crippen molar-refractivity contribution in [3.05, 3.63) is 23.9 Å². The number of ether oxygens (including phenoxy) is 1. The third-order valence-electron chi connectivity index (χ3n) is 5.59. The second kappa shape index (κ2) is 14.3. The van der Waals surface area contributed by atoms with Gasteiger partial charge in [-0.1, -0.05) is 61.4 Å². The summed E-state index contributed by atoms with van der Waals surface area (Å²) in [7, 11) is 2.95. The first-order valence-electron chi connectivity index (χ1n) is 12.0. The van der Waals surface area contributed by atoms with E-state index < -0.39 is 53.8 Å². The molecular weight excluding hydrogens is 504 g/mol. The van der Waals surface area contributed by atoms with Crippen LogP contribution >= 0.6 is 21.6 Å². The molecule has 0 aromatic carbocycles. The zero-order valence-electron chi connectivity index (χ0n) is 21.3. The van der Waals surface area contributed by atoms with Crippen LogP contribution in [-0.2, 0) is 28.7 Å². The molecular formula is C24H36N4O6S2. The number of carbonyl (C=O) groups is 5. The number of allylic oxidation sites excluding steroid dienone is 2. The van der Waals surface area contributed by atoms with E-state index in [0.717, 1.165) is 0 Å².